The zero-order valence-electron chi connectivity index (χ0n) is 20.0. The summed E-state index contributed by atoms with van der Waals surface area (Å²) in [5.74, 6) is 0. The lowest BCUT2D eigenvalue weighted by Crippen LogP contribution is -2.37. The first kappa shape index (κ1) is 25.3. The minimum atomic E-state index is -0.690. The number of thiazole rings is 1. The molecule has 190 valence electrons. The normalized spacial score (nSPS) is 13.9. The van der Waals surface area contributed by atoms with E-state index in [0.29, 0.717) is 21.5 Å². The van der Waals surface area contributed by atoms with Crippen LogP contribution in [0.1, 0.15) is 5.01 Å². The van der Waals surface area contributed by atoms with Crippen LogP contribution in [0.2, 0.25) is 5.02 Å². The van der Waals surface area contributed by atoms with Crippen LogP contribution in [-0.4, -0.2) is 59.0 Å². The number of hydroxylamine groups is 1. The molecule has 5 rings (SSSR count). The molecule has 0 bridgehead atoms. The second kappa shape index (κ2) is 11.8. The summed E-state index contributed by atoms with van der Waals surface area (Å²) in [6, 6.07) is 17.1. The van der Waals surface area contributed by atoms with Gasteiger partial charge < -0.3 is 10.1 Å². The second-order valence-corrected chi connectivity index (χ2v) is 10.0. The Balaban J connectivity index is 1.40. The summed E-state index contributed by atoms with van der Waals surface area (Å²) in [6.07, 6.45) is 4.33. The lowest BCUT2D eigenvalue weighted by Gasteiger charge is -2.25. The van der Waals surface area contributed by atoms with Crippen molar-refractivity contribution in [2.75, 3.05) is 43.2 Å². The van der Waals surface area contributed by atoms with Gasteiger partial charge in [-0.1, -0.05) is 29.8 Å². The quantitative estimate of drug-likeness (QED) is 0.229. The van der Waals surface area contributed by atoms with Gasteiger partial charge in [0.25, 0.3) is 0 Å². The number of nitrogens with one attached hydrogen (secondary N) is 1. The van der Waals surface area contributed by atoms with E-state index < -0.39 is 6.03 Å². The molecule has 8 nitrogen and oxygen atoms in total. The molecule has 2 amide bonds. The largest absolute Gasteiger partial charge is 0.379 e. The molecular weight excluding hydrogens is 510 g/mol. The third-order valence-electron chi connectivity index (χ3n) is 5.99. The predicted molar refractivity (Wildman–Crippen MR) is 146 cm³/mol. The van der Waals surface area contributed by atoms with Crippen molar-refractivity contribution in [3.63, 3.8) is 0 Å². The van der Waals surface area contributed by atoms with Crippen molar-refractivity contribution in [2.45, 2.75) is 6.42 Å². The molecule has 1 fully saturated rings. The molecule has 0 atom stereocenters. The summed E-state index contributed by atoms with van der Waals surface area (Å²) in [6.45, 7) is 4.31. The van der Waals surface area contributed by atoms with E-state index >= 15 is 0 Å². The van der Waals surface area contributed by atoms with Gasteiger partial charge in [0, 0.05) is 54.7 Å². The molecule has 2 N–H and O–H groups in total. The number of amides is 2. The van der Waals surface area contributed by atoms with Crippen LogP contribution in [0.5, 0.6) is 0 Å². The Kier molecular flexibility index (Phi) is 8.08. The number of aromatic nitrogens is 2. The van der Waals surface area contributed by atoms with E-state index in [1.807, 2.05) is 24.3 Å². The molecule has 37 heavy (non-hydrogen) atoms. The first-order chi connectivity index (χ1) is 18.1. The topological polar surface area (TPSA) is 90.8 Å². The number of hydrogen-bond acceptors (Lipinski definition) is 7. The smallest absolute Gasteiger partial charge is 0.350 e. The molecule has 1 aliphatic heterocycles. The molecule has 3 heterocycles. The van der Waals surface area contributed by atoms with E-state index in [1.54, 1.807) is 60.1 Å². The van der Waals surface area contributed by atoms with Gasteiger partial charge in [0.15, 0.2) is 0 Å². The maximum atomic E-state index is 12.7. The minimum absolute atomic E-state index is 0.334. The summed E-state index contributed by atoms with van der Waals surface area (Å²) in [5.41, 5.74) is 3.49. The number of benzene rings is 2. The molecule has 0 saturated carbocycles. The van der Waals surface area contributed by atoms with Gasteiger partial charge in [0.2, 0.25) is 0 Å². The molecule has 10 heteroatoms. The van der Waals surface area contributed by atoms with Crippen molar-refractivity contribution in [3.8, 4) is 21.7 Å². The van der Waals surface area contributed by atoms with Gasteiger partial charge in [0.05, 0.1) is 34.5 Å². The van der Waals surface area contributed by atoms with Crippen LogP contribution in [-0.2, 0) is 11.2 Å². The number of pyridine rings is 1. The maximum absolute atomic E-state index is 12.7. The highest BCUT2D eigenvalue weighted by atomic mass is 35.5. The lowest BCUT2D eigenvalue weighted by molar-refractivity contribution is 0.0384. The number of rotatable bonds is 7. The van der Waals surface area contributed by atoms with Crippen molar-refractivity contribution in [1.82, 2.24) is 14.9 Å². The molecule has 0 radical (unpaired) electrons. The fraction of sp³-hybridized carbons (Fsp3) is 0.222. The SMILES string of the molecule is O=C(Nc1cccc(Cl)c1)N(O)c1cccc(-c2sc(CCN3CCOCC3)nc2-c2ccncc2)c1. The molecular formula is C27H26ClN5O3S. The first-order valence-corrected chi connectivity index (χ1v) is 13.1. The third-order valence-corrected chi connectivity index (χ3v) is 7.39. The van der Waals surface area contributed by atoms with E-state index in [0.717, 1.165) is 66.0 Å². The summed E-state index contributed by atoms with van der Waals surface area (Å²) >= 11 is 7.63. The molecule has 2 aromatic carbocycles. The Morgan fingerprint density at radius 2 is 1.86 bits per heavy atom. The first-order valence-electron chi connectivity index (χ1n) is 11.9. The highest BCUT2D eigenvalue weighted by molar-refractivity contribution is 7.15. The second-order valence-electron chi connectivity index (χ2n) is 8.53. The number of carbonyl (C=O) groups excluding carboxylic acids is 1. The fourth-order valence-electron chi connectivity index (χ4n) is 4.09. The number of halogens is 1. The number of urea groups is 1. The lowest BCUT2D eigenvalue weighted by atomic mass is 10.1. The number of ether oxygens (including phenoxy) is 1. The van der Waals surface area contributed by atoms with E-state index in [4.69, 9.17) is 21.3 Å². The van der Waals surface area contributed by atoms with E-state index in [9.17, 15) is 10.0 Å². The van der Waals surface area contributed by atoms with Crippen LogP contribution >= 0.6 is 22.9 Å². The van der Waals surface area contributed by atoms with Gasteiger partial charge in [-0.25, -0.2) is 9.78 Å². The Morgan fingerprint density at radius 1 is 1.08 bits per heavy atom. The van der Waals surface area contributed by atoms with Crippen molar-refractivity contribution in [2.24, 2.45) is 0 Å². The Morgan fingerprint density at radius 3 is 2.65 bits per heavy atom. The predicted octanol–water partition coefficient (Wildman–Crippen LogP) is 5.83. The standard InChI is InChI=1S/C27H26ClN5O3S/c28-21-4-2-5-22(18-21)30-27(34)33(35)23-6-1-3-20(17-23)26-25(19-7-10-29-11-8-19)31-24(37-26)9-12-32-13-15-36-16-14-32/h1-8,10-11,17-18,35H,9,12-16H2,(H,30,34). The van der Waals surface area contributed by atoms with Crippen molar-refractivity contribution < 1.29 is 14.7 Å². The van der Waals surface area contributed by atoms with Gasteiger partial charge in [0.1, 0.15) is 0 Å². The van der Waals surface area contributed by atoms with Crippen molar-refractivity contribution in [1.29, 1.82) is 0 Å². The van der Waals surface area contributed by atoms with Crippen LogP contribution in [0, 0.1) is 0 Å². The molecule has 2 aromatic heterocycles. The number of morpholine rings is 1. The van der Waals surface area contributed by atoms with E-state index in [2.05, 4.69) is 15.2 Å². The van der Waals surface area contributed by atoms with Crippen LogP contribution < -0.4 is 10.4 Å². The van der Waals surface area contributed by atoms with Crippen LogP contribution in [0.15, 0.2) is 73.1 Å². The zero-order valence-corrected chi connectivity index (χ0v) is 21.6. The van der Waals surface area contributed by atoms with E-state index in [1.165, 1.54) is 0 Å². The molecule has 4 aromatic rings. The highest BCUT2D eigenvalue weighted by Gasteiger charge is 2.19. The maximum Gasteiger partial charge on any atom is 0.350 e. The van der Waals surface area contributed by atoms with Crippen LogP contribution in [0.3, 0.4) is 0 Å². The van der Waals surface area contributed by atoms with Crippen molar-refractivity contribution >= 4 is 40.3 Å². The Labute approximate surface area is 224 Å². The van der Waals surface area contributed by atoms with Gasteiger partial charge in [-0.05, 0) is 48.0 Å². The van der Waals surface area contributed by atoms with Gasteiger partial charge in [-0.2, -0.15) is 5.06 Å². The zero-order chi connectivity index (χ0) is 25.6. The van der Waals surface area contributed by atoms with Gasteiger partial charge in [-0.15, -0.1) is 11.3 Å². The summed E-state index contributed by atoms with van der Waals surface area (Å²) in [5, 5.41) is 15.4. The number of carbonyl (C=O) groups is 1. The number of hydrogen-bond donors (Lipinski definition) is 2. The molecule has 1 aliphatic rings. The Hall–Kier alpha value is -3.34. The molecule has 0 aliphatic carbocycles. The fourth-order valence-corrected chi connectivity index (χ4v) is 5.35. The van der Waals surface area contributed by atoms with Gasteiger partial charge >= 0.3 is 6.03 Å². The molecule has 0 unspecified atom stereocenters. The Bertz CT molecular complexity index is 1360. The molecule has 0 spiro atoms. The number of nitrogens with zero attached hydrogens (tertiary/aromatic N) is 4. The monoisotopic (exact) mass is 535 g/mol. The highest BCUT2D eigenvalue weighted by Crippen LogP contribution is 2.38. The van der Waals surface area contributed by atoms with E-state index in [-0.39, 0.29) is 0 Å². The molecule has 1 saturated heterocycles. The van der Waals surface area contributed by atoms with Crippen molar-refractivity contribution in [3.05, 3.63) is 83.1 Å². The summed E-state index contributed by atoms with van der Waals surface area (Å²) in [4.78, 5) is 25.2. The summed E-state index contributed by atoms with van der Waals surface area (Å²) in [7, 11) is 0. The van der Waals surface area contributed by atoms with Gasteiger partial charge in [-0.3, -0.25) is 15.1 Å². The summed E-state index contributed by atoms with van der Waals surface area (Å²) < 4.78 is 5.46. The van der Waals surface area contributed by atoms with Crippen LogP contribution in [0.25, 0.3) is 21.7 Å². The average Bonchev–Trinajstić information content (AvgIpc) is 3.37. The average molecular weight is 536 g/mol. The van der Waals surface area contributed by atoms with Crippen LogP contribution in [0.4, 0.5) is 16.2 Å². The number of anilines is 2. The third kappa shape index (κ3) is 6.33. The minimum Gasteiger partial charge on any atom is -0.379 e.